The molecular formula is C14H7Cl2FN2O. The van der Waals surface area contributed by atoms with Crippen molar-refractivity contribution in [2.24, 2.45) is 5.16 Å². The first-order valence-corrected chi connectivity index (χ1v) is 6.20. The molecule has 0 radical (unpaired) electrons. The highest BCUT2D eigenvalue weighted by molar-refractivity contribution is 6.48. The van der Waals surface area contributed by atoms with Crippen LogP contribution in [0.5, 0.6) is 0 Å². The summed E-state index contributed by atoms with van der Waals surface area (Å²) in [6.45, 7) is 0. The maximum atomic E-state index is 12.9. The number of oxime groups is 1. The summed E-state index contributed by atoms with van der Waals surface area (Å²) in [5.74, 6) is -0.399. The average Bonchev–Trinajstić information content (AvgIpc) is 2.45. The van der Waals surface area contributed by atoms with Gasteiger partial charge in [-0.2, -0.15) is 5.26 Å². The van der Waals surface area contributed by atoms with Crippen LogP contribution in [-0.4, -0.2) is 10.9 Å². The molecule has 100 valence electrons. The number of hydrogen-bond acceptors (Lipinski definition) is 3. The summed E-state index contributed by atoms with van der Waals surface area (Å²) < 4.78 is 12.9. The number of allylic oxidation sites excluding steroid dienone is 6. The Morgan fingerprint density at radius 3 is 2.35 bits per heavy atom. The topological polar surface area (TPSA) is 56.4 Å². The van der Waals surface area contributed by atoms with Gasteiger partial charge in [-0.25, -0.2) is 4.39 Å². The second-order valence-electron chi connectivity index (χ2n) is 3.88. The van der Waals surface area contributed by atoms with Gasteiger partial charge in [-0.3, -0.25) is 0 Å². The fourth-order valence-corrected chi connectivity index (χ4v) is 2.16. The van der Waals surface area contributed by atoms with E-state index in [1.807, 2.05) is 6.07 Å². The smallest absolute Gasteiger partial charge is 0.123 e. The summed E-state index contributed by atoms with van der Waals surface area (Å²) in [6, 6.07) is 7.47. The van der Waals surface area contributed by atoms with Crippen LogP contribution in [0, 0.1) is 17.1 Å². The van der Waals surface area contributed by atoms with Crippen molar-refractivity contribution in [1.82, 2.24) is 0 Å². The molecule has 2 rings (SSSR count). The van der Waals surface area contributed by atoms with Gasteiger partial charge in [-0.1, -0.05) is 40.5 Å². The first-order valence-electron chi connectivity index (χ1n) is 5.44. The lowest BCUT2D eigenvalue weighted by atomic mass is 9.97. The minimum absolute atomic E-state index is 0.108. The SMILES string of the molecule is N#CC(=C1C=C(Cl)C(=NO)C=C1Cl)c1ccc(F)cc1. The van der Waals surface area contributed by atoms with Crippen LogP contribution in [0.3, 0.4) is 0 Å². The van der Waals surface area contributed by atoms with Gasteiger partial charge in [0.25, 0.3) is 0 Å². The van der Waals surface area contributed by atoms with Crippen molar-refractivity contribution in [3.05, 3.63) is 63.4 Å². The molecule has 1 N–H and O–H groups in total. The van der Waals surface area contributed by atoms with Gasteiger partial charge in [-0.15, -0.1) is 0 Å². The summed E-state index contributed by atoms with van der Waals surface area (Å²) in [6.07, 6.45) is 2.78. The van der Waals surface area contributed by atoms with Gasteiger partial charge in [0.15, 0.2) is 0 Å². The van der Waals surface area contributed by atoms with Crippen LogP contribution in [0.4, 0.5) is 4.39 Å². The number of nitriles is 1. The summed E-state index contributed by atoms with van der Waals surface area (Å²) in [5, 5.41) is 21.4. The number of nitrogens with zero attached hydrogens (tertiary/aromatic N) is 2. The third kappa shape index (κ3) is 2.74. The predicted molar refractivity (Wildman–Crippen MR) is 76.0 cm³/mol. The molecule has 0 amide bonds. The molecular weight excluding hydrogens is 302 g/mol. The summed E-state index contributed by atoms with van der Waals surface area (Å²) >= 11 is 12.0. The molecule has 0 heterocycles. The molecule has 0 aliphatic heterocycles. The van der Waals surface area contributed by atoms with Gasteiger partial charge in [-0.05, 0) is 29.8 Å². The molecule has 0 saturated carbocycles. The fraction of sp³-hybridized carbons (Fsp3) is 0. The Bertz CT molecular complexity index is 710. The third-order valence-electron chi connectivity index (χ3n) is 2.66. The standard InChI is InChI=1S/C14H7Cl2FN2O/c15-12-6-14(19-20)13(16)5-10(12)11(7-18)8-1-3-9(17)4-2-8/h1-6,20H. The first kappa shape index (κ1) is 14.3. The van der Waals surface area contributed by atoms with Gasteiger partial charge in [0.2, 0.25) is 0 Å². The van der Waals surface area contributed by atoms with E-state index in [0.717, 1.165) is 0 Å². The van der Waals surface area contributed by atoms with Crippen molar-refractivity contribution < 1.29 is 9.60 Å². The van der Waals surface area contributed by atoms with E-state index in [9.17, 15) is 9.65 Å². The Kier molecular flexibility index (Phi) is 4.23. The molecule has 0 aromatic heterocycles. The molecule has 0 bridgehead atoms. The van der Waals surface area contributed by atoms with E-state index in [1.165, 1.54) is 36.4 Å². The van der Waals surface area contributed by atoms with Gasteiger partial charge in [0.05, 0.1) is 15.6 Å². The second-order valence-corrected chi connectivity index (χ2v) is 4.69. The molecule has 1 aromatic carbocycles. The quantitative estimate of drug-likeness (QED) is 0.480. The van der Waals surface area contributed by atoms with Gasteiger partial charge in [0, 0.05) is 5.57 Å². The zero-order chi connectivity index (χ0) is 14.7. The number of rotatable bonds is 1. The van der Waals surface area contributed by atoms with E-state index >= 15 is 0 Å². The molecule has 0 spiro atoms. The molecule has 20 heavy (non-hydrogen) atoms. The van der Waals surface area contributed by atoms with E-state index < -0.39 is 5.82 Å². The normalized spacial score (nSPS) is 19.2. The molecule has 3 nitrogen and oxygen atoms in total. The lowest BCUT2D eigenvalue weighted by molar-refractivity contribution is 0.320. The largest absolute Gasteiger partial charge is 0.410 e. The minimum Gasteiger partial charge on any atom is -0.410 e. The van der Waals surface area contributed by atoms with Crippen molar-refractivity contribution in [2.75, 3.05) is 0 Å². The zero-order valence-electron chi connectivity index (χ0n) is 9.94. The maximum Gasteiger partial charge on any atom is 0.123 e. The molecule has 1 aliphatic rings. The Balaban J connectivity index is 2.61. The Morgan fingerprint density at radius 2 is 1.80 bits per heavy atom. The van der Waals surface area contributed by atoms with E-state index in [-0.39, 0.29) is 21.3 Å². The second kappa shape index (κ2) is 5.91. The van der Waals surface area contributed by atoms with Crippen molar-refractivity contribution in [3.63, 3.8) is 0 Å². The van der Waals surface area contributed by atoms with Crippen LogP contribution in [0.2, 0.25) is 0 Å². The predicted octanol–water partition coefficient (Wildman–Crippen LogP) is 4.19. The summed E-state index contributed by atoms with van der Waals surface area (Å²) in [4.78, 5) is 0. The van der Waals surface area contributed by atoms with E-state index in [1.54, 1.807) is 0 Å². The summed E-state index contributed by atoms with van der Waals surface area (Å²) in [7, 11) is 0. The number of hydrogen-bond donors (Lipinski definition) is 1. The van der Waals surface area contributed by atoms with Crippen molar-refractivity contribution in [3.8, 4) is 6.07 Å². The maximum absolute atomic E-state index is 12.9. The lowest BCUT2D eigenvalue weighted by Gasteiger charge is -2.12. The van der Waals surface area contributed by atoms with Gasteiger partial charge >= 0.3 is 0 Å². The van der Waals surface area contributed by atoms with Crippen LogP contribution in [0.25, 0.3) is 5.57 Å². The molecule has 6 heteroatoms. The average molecular weight is 309 g/mol. The van der Waals surface area contributed by atoms with Crippen LogP contribution in [-0.2, 0) is 0 Å². The van der Waals surface area contributed by atoms with Crippen molar-refractivity contribution >= 4 is 34.5 Å². The Labute approximate surface area is 124 Å². The van der Waals surface area contributed by atoms with Crippen LogP contribution in [0.1, 0.15) is 5.56 Å². The van der Waals surface area contributed by atoms with E-state index in [4.69, 9.17) is 28.4 Å². The van der Waals surface area contributed by atoms with Crippen LogP contribution in [0.15, 0.2) is 57.2 Å². The van der Waals surface area contributed by atoms with Crippen LogP contribution >= 0.6 is 23.2 Å². The highest BCUT2D eigenvalue weighted by Gasteiger charge is 2.18. The third-order valence-corrected chi connectivity index (χ3v) is 3.27. The molecule has 0 atom stereocenters. The molecule has 0 unspecified atom stereocenters. The van der Waals surface area contributed by atoms with E-state index in [0.29, 0.717) is 11.1 Å². The Morgan fingerprint density at radius 1 is 1.15 bits per heavy atom. The number of benzene rings is 1. The molecule has 0 fully saturated rings. The monoisotopic (exact) mass is 308 g/mol. The zero-order valence-corrected chi connectivity index (χ0v) is 11.5. The van der Waals surface area contributed by atoms with E-state index in [2.05, 4.69) is 5.16 Å². The van der Waals surface area contributed by atoms with Crippen molar-refractivity contribution in [2.45, 2.75) is 0 Å². The Hall–Kier alpha value is -2.09. The van der Waals surface area contributed by atoms with Crippen molar-refractivity contribution in [1.29, 1.82) is 5.26 Å². The van der Waals surface area contributed by atoms with Crippen LogP contribution < -0.4 is 0 Å². The molecule has 1 aromatic rings. The molecule has 0 saturated heterocycles. The summed E-state index contributed by atoms with van der Waals surface area (Å²) in [5.41, 5.74) is 1.26. The lowest BCUT2D eigenvalue weighted by Crippen LogP contribution is -2.03. The van der Waals surface area contributed by atoms with Gasteiger partial charge in [0.1, 0.15) is 17.6 Å². The highest BCUT2D eigenvalue weighted by Crippen LogP contribution is 2.32. The fourth-order valence-electron chi connectivity index (χ4n) is 1.70. The molecule has 1 aliphatic carbocycles. The highest BCUT2D eigenvalue weighted by atomic mass is 35.5. The van der Waals surface area contributed by atoms with Gasteiger partial charge < -0.3 is 5.21 Å². The number of halogens is 3. The first-order chi connectivity index (χ1) is 9.56. The minimum atomic E-state index is -0.399.